The van der Waals surface area contributed by atoms with Crippen LogP contribution in [0.25, 0.3) is 0 Å². The van der Waals surface area contributed by atoms with Gasteiger partial charge in [-0.05, 0) is 48.7 Å². The summed E-state index contributed by atoms with van der Waals surface area (Å²) in [6.07, 6.45) is 1.50. The molecule has 0 aliphatic heterocycles. The highest BCUT2D eigenvalue weighted by atomic mass is 16.1. The fraction of sp³-hybridized carbons (Fsp3) is 0.278. The van der Waals surface area contributed by atoms with Crippen molar-refractivity contribution in [2.24, 2.45) is 0 Å². The van der Waals surface area contributed by atoms with E-state index in [-0.39, 0.29) is 5.91 Å². The second-order valence-corrected chi connectivity index (χ2v) is 5.16. The van der Waals surface area contributed by atoms with Gasteiger partial charge in [-0.15, -0.1) is 0 Å². The van der Waals surface area contributed by atoms with E-state index in [0.717, 1.165) is 35.5 Å². The maximum absolute atomic E-state index is 12.1. The van der Waals surface area contributed by atoms with Gasteiger partial charge in [0.15, 0.2) is 0 Å². The van der Waals surface area contributed by atoms with Crippen molar-refractivity contribution in [2.75, 3.05) is 17.2 Å². The van der Waals surface area contributed by atoms with Crippen molar-refractivity contribution in [3.05, 3.63) is 59.7 Å². The number of carbonyl (C=O) groups is 1. The van der Waals surface area contributed by atoms with Gasteiger partial charge in [0.1, 0.15) is 0 Å². The monoisotopic (exact) mass is 282 g/mol. The highest BCUT2D eigenvalue weighted by Gasteiger charge is 2.06. The number of carbonyl (C=O) groups excluding carboxylic acids is 1. The SMILES string of the molecule is CCCNc1ccc(NC(=O)Cc2ccccc2C)cc1. The van der Waals surface area contributed by atoms with Gasteiger partial charge in [-0.25, -0.2) is 0 Å². The van der Waals surface area contributed by atoms with Crippen LogP contribution in [0, 0.1) is 6.92 Å². The molecule has 0 aromatic heterocycles. The van der Waals surface area contributed by atoms with E-state index >= 15 is 0 Å². The Labute approximate surface area is 126 Å². The molecule has 0 saturated carbocycles. The van der Waals surface area contributed by atoms with Crippen molar-refractivity contribution >= 4 is 17.3 Å². The summed E-state index contributed by atoms with van der Waals surface area (Å²) < 4.78 is 0. The molecule has 0 saturated heterocycles. The van der Waals surface area contributed by atoms with Gasteiger partial charge in [0.2, 0.25) is 5.91 Å². The summed E-state index contributed by atoms with van der Waals surface area (Å²) in [5.74, 6) is 0.0126. The Morgan fingerprint density at radius 3 is 2.33 bits per heavy atom. The van der Waals surface area contributed by atoms with Crippen molar-refractivity contribution in [3.8, 4) is 0 Å². The Morgan fingerprint density at radius 1 is 1.00 bits per heavy atom. The number of amides is 1. The molecule has 0 bridgehead atoms. The molecule has 3 heteroatoms. The van der Waals surface area contributed by atoms with E-state index in [1.54, 1.807) is 0 Å². The van der Waals surface area contributed by atoms with E-state index in [4.69, 9.17) is 0 Å². The van der Waals surface area contributed by atoms with E-state index in [2.05, 4.69) is 17.6 Å². The molecule has 2 N–H and O–H groups in total. The lowest BCUT2D eigenvalue weighted by Crippen LogP contribution is -2.15. The van der Waals surface area contributed by atoms with Crippen LogP contribution in [0.3, 0.4) is 0 Å². The zero-order valence-electron chi connectivity index (χ0n) is 12.6. The standard InChI is InChI=1S/C18H22N2O/c1-3-12-19-16-8-10-17(11-9-16)20-18(21)13-15-7-5-4-6-14(15)2/h4-11,19H,3,12-13H2,1-2H3,(H,20,21). The topological polar surface area (TPSA) is 41.1 Å². The summed E-state index contributed by atoms with van der Waals surface area (Å²) in [5, 5.41) is 6.24. The number of hydrogen-bond donors (Lipinski definition) is 2. The van der Waals surface area contributed by atoms with Crippen LogP contribution in [0.15, 0.2) is 48.5 Å². The largest absolute Gasteiger partial charge is 0.385 e. The van der Waals surface area contributed by atoms with Crippen LogP contribution >= 0.6 is 0 Å². The molecule has 0 atom stereocenters. The number of rotatable bonds is 6. The molecular weight excluding hydrogens is 260 g/mol. The number of nitrogens with one attached hydrogen (secondary N) is 2. The Hall–Kier alpha value is -2.29. The first kappa shape index (κ1) is 15.1. The van der Waals surface area contributed by atoms with Gasteiger partial charge in [-0.3, -0.25) is 4.79 Å². The van der Waals surface area contributed by atoms with Gasteiger partial charge >= 0.3 is 0 Å². The highest BCUT2D eigenvalue weighted by Crippen LogP contribution is 2.14. The van der Waals surface area contributed by atoms with Gasteiger partial charge in [-0.1, -0.05) is 31.2 Å². The van der Waals surface area contributed by atoms with Gasteiger partial charge in [0, 0.05) is 17.9 Å². The summed E-state index contributed by atoms with van der Waals surface area (Å²) in [5.41, 5.74) is 4.12. The first-order valence-corrected chi connectivity index (χ1v) is 7.37. The highest BCUT2D eigenvalue weighted by molar-refractivity contribution is 5.92. The molecule has 110 valence electrons. The summed E-state index contributed by atoms with van der Waals surface area (Å²) in [6, 6.07) is 15.8. The molecule has 0 spiro atoms. The lowest BCUT2D eigenvalue weighted by Gasteiger charge is -2.09. The number of benzene rings is 2. The molecule has 0 heterocycles. The molecule has 2 rings (SSSR count). The minimum atomic E-state index is 0.0126. The fourth-order valence-electron chi connectivity index (χ4n) is 2.13. The minimum absolute atomic E-state index is 0.0126. The van der Waals surface area contributed by atoms with Crippen LogP contribution in [-0.4, -0.2) is 12.5 Å². The second-order valence-electron chi connectivity index (χ2n) is 5.16. The van der Waals surface area contributed by atoms with Crippen LogP contribution < -0.4 is 10.6 Å². The summed E-state index contributed by atoms with van der Waals surface area (Å²) in [6.45, 7) is 5.11. The molecule has 21 heavy (non-hydrogen) atoms. The number of hydrogen-bond acceptors (Lipinski definition) is 2. The van der Waals surface area contributed by atoms with Crippen LogP contribution in [-0.2, 0) is 11.2 Å². The summed E-state index contributed by atoms with van der Waals surface area (Å²) in [4.78, 5) is 12.1. The fourth-order valence-corrected chi connectivity index (χ4v) is 2.13. The van der Waals surface area contributed by atoms with Gasteiger partial charge in [0.05, 0.1) is 6.42 Å². The predicted octanol–water partition coefficient (Wildman–Crippen LogP) is 4.00. The van der Waals surface area contributed by atoms with E-state index in [1.807, 2.05) is 55.5 Å². The molecular formula is C18H22N2O. The van der Waals surface area contributed by atoms with Crippen molar-refractivity contribution in [2.45, 2.75) is 26.7 Å². The zero-order chi connectivity index (χ0) is 15.1. The summed E-state index contributed by atoms with van der Waals surface area (Å²) >= 11 is 0. The third-order valence-electron chi connectivity index (χ3n) is 3.36. The lowest BCUT2D eigenvalue weighted by atomic mass is 10.1. The lowest BCUT2D eigenvalue weighted by molar-refractivity contribution is -0.115. The third-order valence-corrected chi connectivity index (χ3v) is 3.36. The Morgan fingerprint density at radius 2 is 1.67 bits per heavy atom. The van der Waals surface area contributed by atoms with Crippen molar-refractivity contribution in [1.29, 1.82) is 0 Å². The third kappa shape index (κ3) is 4.63. The molecule has 0 fully saturated rings. The average Bonchev–Trinajstić information content (AvgIpc) is 2.49. The van der Waals surface area contributed by atoms with Gasteiger partial charge in [-0.2, -0.15) is 0 Å². The van der Waals surface area contributed by atoms with Crippen molar-refractivity contribution < 1.29 is 4.79 Å². The molecule has 3 nitrogen and oxygen atoms in total. The molecule has 2 aromatic rings. The van der Waals surface area contributed by atoms with Crippen LogP contribution in [0.1, 0.15) is 24.5 Å². The molecule has 0 unspecified atom stereocenters. The molecule has 2 aromatic carbocycles. The Bertz CT molecular complexity index is 590. The maximum atomic E-state index is 12.1. The van der Waals surface area contributed by atoms with Crippen molar-refractivity contribution in [1.82, 2.24) is 0 Å². The summed E-state index contributed by atoms with van der Waals surface area (Å²) in [7, 11) is 0. The smallest absolute Gasteiger partial charge is 0.228 e. The molecule has 0 aliphatic carbocycles. The first-order valence-electron chi connectivity index (χ1n) is 7.37. The molecule has 1 amide bonds. The van der Waals surface area contributed by atoms with Crippen molar-refractivity contribution in [3.63, 3.8) is 0 Å². The van der Waals surface area contributed by atoms with Crippen LogP contribution in [0.5, 0.6) is 0 Å². The molecule has 0 radical (unpaired) electrons. The average molecular weight is 282 g/mol. The molecule has 0 aliphatic rings. The quantitative estimate of drug-likeness (QED) is 0.841. The van der Waals surface area contributed by atoms with E-state index in [9.17, 15) is 4.79 Å². The van der Waals surface area contributed by atoms with E-state index in [0.29, 0.717) is 6.42 Å². The zero-order valence-corrected chi connectivity index (χ0v) is 12.6. The van der Waals surface area contributed by atoms with E-state index < -0.39 is 0 Å². The normalized spacial score (nSPS) is 10.2. The Balaban J connectivity index is 1.92. The minimum Gasteiger partial charge on any atom is -0.385 e. The first-order chi connectivity index (χ1) is 10.2. The maximum Gasteiger partial charge on any atom is 0.228 e. The van der Waals surface area contributed by atoms with Gasteiger partial charge in [0.25, 0.3) is 0 Å². The van der Waals surface area contributed by atoms with Crippen LogP contribution in [0.4, 0.5) is 11.4 Å². The van der Waals surface area contributed by atoms with E-state index in [1.165, 1.54) is 0 Å². The van der Waals surface area contributed by atoms with Gasteiger partial charge < -0.3 is 10.6 Å². The number of aryl methyl sites for hydroxylation is 1. The predicted molar refractivity (Wildman–Crippen MR) is 88.7 cm³/mol. The Kier molecular flexibility index (Phi) is 5.38. The second kappa shape index (κ2) is 7.48. The number of anilines is 2. The van der Waals surface area contributed by atoms with Crippen LogP contribution in [0.2, 0.25) is 0 Å².